The second-order valence-corrected chi connectivity index (χ2v) is 6.35. The molecule has 0 radical (unpaired) electrons. The van der Waals surface area contributed by atoms with E-state index in [-0.39, 0.29) is 10.6 Å². The summed E-state index contributed by atoms with van der Waals surface area (Å²) < 4.78 is 5.41. The van der Waals surface area contributed by atoms with E-state index in [0.29, 0.717) is 17.3 Å². The van der Waals surface area contributed by atoms with Crippen LogP contribution in [0.3, 0.4) is 0 Å². The zero-order chi connectivity index (χ0) is 18.4. The van der Waals surface area contributed by atoms with Gasteiger partial charge >= 0.3 is 5.97 Å². The van der Waals surface area contributed by atoms with E-state index in [1.165, 1.54) is 6.07 Å². The zero-order valence-electron chi connectivity index (χ0n) is 13.7. The molecule has 26 heavy (non-hydrogen) atoms. The standard InChI is InChI=1S/C20H16Cl2N2O2/c21-15-9-10-18(19(22)12-15)20(25)26-17-8-4-5-14(11-17)13-23-24-16-6-2-1-3-7-16/h1-12,23-24H,13H2. The summed E-state index contributed by atoms with van der Waals surface area (Å²) in [6.07, 6.45) is 0. The molecule has 0 saturated carbocycles. The van der Waals surface area contributed by atoms with Gasteiger partial charge in [-0.3, -0.25) is 0 Å². The number of hydrogen-bond acceptors (Lipinski definition) is 4. The third-order valence-electron chi connectivity index (χ3n) is 3.56. The maximum absolute atomic E-state index is 12.3. The van der Waals surface area contributed by atoms with E-state index < -0.39 is 5.97 Å². The molecule has 0 bridgehead atoms. The highest BCUT2D eigenvalue weighted by molar-refractivity contribution is 6.36. The Kier molecular flexibility index (Phi) is 6.12. The fraction of sp³-hybridized carbons (Fsp3) is 0.0500. The van der Waals surface area contributed by atoms with Gasteiger partial charge in [0.25, 0.3) is 0 Å². The van der Waals surface area contributed by atoms with E-state index in [2.05, 4.69) is 10.9 Å². The average molecular weight is 387 g/mol. The van der Waals surface area contributed by atoms with Crippen molar-refractivity contribution in [3.8, 4) is 5.75 Å². The van der Waals surface area contributed by atoms with Gasteiger partial charge in [0, 0.05) is 17.3 Å². The fourth-order valence-corrected chi connectivity index (χ4v) is 2.79. The molecule has 0 spiro atoms. The van der Waals surface area contributed by atoms with Crippen molar-refractivity contribution in [3.63, 3.8) is 0 Å². The maximum atomic E-state index is 12.3. The number of ether oxygens (including phenoxy) is 1. The van der Waals surface area contributed by atoms with Crippen molar-refractivity contribution >= 4 is 34.9 Å². The highest BCUT2D eigenvalue weighted by Gasteiger charge is 2.13. The number of esters is 1. The average Bonchev–Trinajstić information content (AvgIpc) is 2.63. The lowest BCUT2D eigenvalue weighted by Gasteiger charge is -2.10. The Morgan fingerprint density at radius 2 is 1.73 bits per heavy atom. The molecule has 0 fully saturated rings. The summed E-state index contributed by atoms with van der Waals surface area (Å²) in [6, 6.07) is 21.7. The zero-order valence-corrected chi connectivity index (χ0v) is 15.2. The normalized spacial score (nSPS) is 10.4. The van der Waals surface area contributed by atoms with Crippen LogP contribution in [0.5, 0.6) is 5.75 Å². The third-order valence-corrected chi connectivity index (χ3v) is 4.11. The van der Waals surface area contributed by atoms with Crippen molar-refractivity contribution in [3.05, 3.63) is 94.0 Å². The van der Waals surface area contributed by atoms with Gasteiger partial charge in [0.1, 0.15) is 5.75 Å². The number of carbonyl (C=O) groups is 1. The van der Waals surface area contributed by atoms with E-state index in [4.69, 9.17) is 27.9 Å². The molecule has 0 aliphatic rings. The number of benzene rings is 3. The van der Waals surface area contributed by atoms with Gasteiger partial charge in [-0.25, -0.2) is 10.2 Å². The van der Waals surface area contributed by atoms with Gasteiger partial charge in [0.05, 0.1) is 10.6 Å². The van der Waals surface area contributed by atoms with Crippen molar-refractivity contribution < 1.29 is 9.53 Å². The Balaban J connectivity index is 1.61. The maximum Gasteiger partial charge on any atom is 0.345 e. The summed E-state index contributed by atoms with van der Waals surface area (Å²) >= 11 is 11.9. The monoisotopic (exact) mass is 386 g/mol. The number of hydrogen-bond donors (Lipinski definition) is 2. The lowest BCUT2D eigenvalue weighted by atomic mass is 10.2. The number of anilines is 1. The van der Waals surface area contributed by atoms with E-state index in [0.717, 1.165) is 11.3 Å². The first kappa shape index (κ1) is 18.3. The Morgan fingerprint density at radius 3 is 2.50 bits per heavy atom. The Bertz CT molecular complexity index is 901. The fourth-order valence-electron chi connectivity index (χ4n) is 2.31. The molecule has 0 amide bonds. The van der Waals surface area contributed by atoms with Gasteiger partial charge in [-0.05, 0) is 48.0 Å². The van der Waals surface area contributed by atoms with Crippen molar-refractivity contribution in [2.75, 3.05) is 5.43 Å². The van der Waals surface area contributed by atoms with Gasteiger partial charge in [-0.2, -0.15) is 0 Å². The molecule has 6 heteroatoms. The molecule has 4 nitrogen and oxygen atoms in total. The van der Waals surface area contributed by atoms with Crippen LogP contribution in [-0.4, -0.2) is 5.97 Å². The lowest BCUT2D eigenvalue weighted by molar-refractivity contribution is 0.0735. The Morgan fingerprint density at radius 1 is 0.923 bits per heavy atom. The van der Waals surface area contributed by atoms with E-state index in [9.17, 15) is 4.79 Å². The van der Waals surface area contributed by atoms with Gasteiger partial charge in [-0.15, -0.1) is 0 Å². The second kappa shape index (κ2) is 8.72. The highest BCUT2D eigenvalue weighted by atomic mass is 35.5. The summed E-state index contributed by atoms with van der Waals surface area (Å²) in [5.74, 6) is -0.0841. The largest absolute Gasteiger partial charge is 0.423 e. The van der Waals surface area contributed by atoms with E-state index >= 15 is 0 Å². The first-order chi connectivity index (χ1) is 12.6. The molecule has 0 heterocycles. The van der Waals surface area contributed by atoms with E-state index in [1.54, 1.807) is 24.3 Å². The van der Waals surface area contributed by atoms with Crippen LogP contribution in [0.15, 0.2) is 72.8 Å². The quantitative estimate of drug-likeness (QED) is 0.341. The van der Waals surface area contributed by atoms with Crippen LogP contribution in [0.1, 0.15) is 15.9 Å². The van der Waals surface area contributed by atoms with Gasteiger partial charge < -0.3 is 10.2 Å². The second-order valence-electron chi connectivity index (χ2n) is 5.51. The molecule has 0 aliphatic carbocycles. The predicted octanol–water partition coefficient (Wildman–Crippen LogP) is 5.33. The van der Waals surface area contributed by atoms with Crippen LogP contribution in [0, 0.1) is 0 Å². The number of nitrogens with one attached hydrogen (secondary N) is 2. The summed E-state index contributed by atoms with van der Waals surface area (Å²) in [4.78, 5) is 12.3. The molecule has 132 valence electrons. The van der Waals surface area contributed by atoms with Crippen molar-refractivity contribution in [2.24, 2.45) is 0 Å². The summed E-state index contributed by atoms with van der Waals surface area (Å²) in [7, 11) is 0. The number of hydrazine groups is 1. The molecule has 0 aliphatic heterocycles. The SMILES string of the molecule is O=C(Oc1cccc(CNNc2ccccc2)c1)c1ccc(Cl)cc1Cl. The first-order valence-electron chi connectivity index (χ1n) is 7.92. The van der Waals surface area contributed by atoms with Crippen LogP contribution < -0.4 is 15.6 Å². The minimum atomic E-state index is -0.529. The molecule has 2 N–H and O–H groups in total. The number of carbonyl (C=O) groups excluding carboxylic acids is 1. The topological polar surface area (TPSA) is 50.4 Å². The molecule has 3 rings (SSSR count). The van der Waals surface area contributed by atoms with Crippen molar-refractivity contribution in [1.82, 2.24) is 5.43 Å². The Hall–Kier alpha value is -2.53. The molecule has 0 saturated heterocycles. The van der Waals surface area contributed by atoms with Crippen LogP contribution >= 0.6 is 23.2 Å². The molecule has 3 aromatic carbocycles. The van der Waals surface area contributed by atoms with Gasteiger partial charge in [-0.1, -0.05) is 53.5 Å². The van der Waals surface area contributed by atoms with E-state index in [1.807, 2.05) is 42.5 Å². The summed E-state index contributed by atoms with van der Waals surface area (Å²) in [5.41, 5.74) is 8.42. The van der Waals surface area contributed by atoms with Crippen LogP contribution in [-0.2, 0) is 6.54 Å². The molecule has 3 aromatic rings. The molecular weight excluding hydrogens is 371 g/mol. The summed E-state index contributed by atoms with van der Waals surface area (Å²) in [5, 5.41) is 0.720. The van der Waals surface area contributed by atoms with Crippen LogP contribution in [0.4, 0.5) is 5.69 Å². The number of para-hydroxylation sites is 1. The lowest BCUT2D eigenvalue weighted by Crippen LogP contribution is -2.20. The predicted molar refractivity (Wildman–Crippen MR) is 105 cm³/mol. The molecule has 0 aromatic heterocycles. The van der Waals surface area contributed by atoms with Gasteiger partial charge in [0.15, 0.2) is 0 Å². The van der Waals surface area contributed by atoms with Crippen LogP contribution in [0.25, 0.3) is 0 Å². The summed E-state index contributed by atoms with van der Waals surface area (Å²) in [6.45, 7) is 0.558. The number of rotatable bonds is 6. The smallest absolute Gasteiger partial charge is 0.345 e. The number of halogens is 2. The molecular formula is C20H16Cl2N2O2. The minimum Gasteiger partial charge on any atom is -0.423 e. The molecule has 0 atom stereocenters. The molecule has 0 unspecified atom stereocenters. The van der Waals surface area contributed by atoms with Crippen molar-refractivity contribution in [1.29, 1.82) is 0 Å². The minimum absolute atomic E-state index is 0.257. The Labute approximate surface area is 161 Å². The first-order valence-corrected chi connectivity index (χ1v) is 8.67. The van der Waals surface area contributed by atoms with Crippen molar-refractivity contribution in [2.45, 2.75) is 6.54 Å². The van der Waals surface area contributed by atoms with Gasteiger partial charge in [0.2, 0.25) is 0 Å². The van der Waals surface area contributed by atoms with Crippen LogP contribution in [0.2, 0.25) is 10.0 Å². The highest BCUT2D eigenvalue weighted by Crippen LogP contribution is 2.23. The third kappa shape index (κ3) is 4.99.